The molecule has 1 saturated heterocycles. The average molecular weight is 258 g/mol. The predicted molar refractivity (Wildman–Crippen MR) is 73.5 cm³/mol. The summed E-state index contributed by atoms with van der Waals surface area (Å²) in [6.07, 6.45) is 3.42. The van der Waals surface area contributed by atoms with Crippen molar-refractivity contribution in [3.05, 3.63) is 30.2 Å². The highest BCUT2D eigenvalue weighted by molar-refractivity contribution is 5.60. The maximum absolute atomic E-state index is 5.75. The van der Waals surface area contributed by atoms with Gasteiger partial charge in [0.15, 0.2) is 0 Å². The summed E-state index contributed by atoms with van der Waals surface area (Å²) in [5.74, 6) is 1.31. The summed E-state index contributed by atoms with van der Waals surface area (Å²) in [6, 6.07) is 7.53. The highest BCUT2D eigenvalue weighted by Crippen LogP contribution is 2.18. The van der Waals surface area contributed by atoms with E-state index in [0.29, 0.717) is 17.4 Å². The molecular formula is C14H18N4O. The quantitative estimate of drug-likeness (QED) is 0.849. The summed E-state index contributed by atoms with van der Waals surface area (Å²) in [5, 5.41) is 4.01. The lowest BCUT2D eigenvalue weighted by Crippen LogP contribution is -2.21. The Morgan fingerprint density at radius 2 is 2.11 bits per heavy atom. The van der Waals surface area contributed by atoms with Crippen molar-refractivity contribution < 1.29 is 4.52 Å². The van der Waals surface area contributed by atoms with Gasteiger partial charge in [0, 0.05) is 24.2 Å². The molecule has 1 aromatic heterocycles. The molecule has 5 heteroatoms. The van der Waals surface area contributed by atoms with Gasteiger partial charge in [-0.2, -0.15) is 4.98 Å². The van der Waals surface area contributed by atoms with E-state index in [4.69, 9.17) is 10.3 Å². The van der Waals surface area contributed by atoms with E-state index in [1.165, 1.54) is 25.9 Å². The minimum absolute atomic E-state index is 0.615. The van der Waals surface area contributed by atoms with Crippen LogP contribution in [-0.4, -0.2) is 34.7 Å². The lowest BCUT2D eigenvalue weighted by atomic mass is 10.2. The highest BCUT2D eigenvalue weighted by atomic mass is 16.5. The molecule has 2 heterocycles. The molecule has 2 aromatic rings. The molecule has 0 saturated carbocycles. The zero-order valence-electron chi connectivity index (χ0n) is 10.9. The van der Waals surface area contributed by atoms with Crippen molar-refractivity contribution in [3.63, 3.8) is 0 Å². The summed E-state index contributed by atoms with van der Waals surface area (Å²) in [7, 11) is 0. The number of benzene rings is 1. The molecule has 0 spiro atoms. The van der Waals surface area contributed by atoms with Crippen molar-refractivity contribution in [2.45, 2.75) is 19.3 Å². The molecule has 100 valence electrons. The minimum Gasteiger partial charge on any atom is -0.399 e. The molecule has 0 bridgehead atoms. The molecule has 1 aromatic carbocycles. The molecule has 0 unspecified atom stereocenters. The normalized spacial score (nSPS) is 16.0. The van der Waals surface area contributed by atoms with E-state index < -0.39 is 0 Å². The van der Waals surface area contributed by atoms with Gasteiger partial charge >= 0.3 is 0 Å². The van der Waals surface area contributed by atoms with Crippen LogP contribution >= 0.6 is 0 Å². The third kappa shape index (κ3) is 2.93. The molecule has 0 amide bonds. The molecule has 1 fully saturated rings. The summed E-state index contributed by atoms with van der Waals surface area (Å²) in [5.41, 5.74) is 7.36. The Balaban J connectivity index is 1.65. The second-order valence-electron chi connectivity index (χ2n) is 4.94. The van der Waals surface area contributed by atoms with Crippen molar-refractivity contribution in [3.8, 4) is 11.4 Å². The van der Waals surface area contributed by atoms with Crippen LogP contribution in [0, 0.1) is 0 Å². The molecule has 1 aliphatic rings. The fourth-order valence-electron chi connectivity index (χ4n) is 2.41. The summed E-state index contributed by atoms with van der Waals surface area (Å²) in [4.78, 5) is 6.86. The molecular weight excluding hydrogens is 240 g/mol. The van der Waals surface area contributed by atoms with Gasteiger partial charge in [-0.3, -0.25) is 0 Å². The Morgan fingerprint density at radius 1 is 1.26 bits per heavy atom. The molecule has 2 N–H and O–H groups in total. The Labute approximate surface area is 112 Å². The second-order valence-corrected chi connectivity index (χ2v) is 4.94. The van der Waals surface area contributed by atoms with Crippen molar-refractivity contribution in [2.75, 3.05) is 25.4 Å². The van der Waals surface area contributed by atoms with E-state index in [1.54, 1.807) is 0 Å². The minimum atomic E-state index is 0.615. The van der Waals surface area contributed by atoms with E-state index in [1.807, 2.05) is 24.3 Å². The first kappa shape index (κ1) is 12.2. The lowest BCUT2D eigenvalue weighted by Gasteiger charge is -2.11. The van der Waals surface area contributed by atoms with Crippen LogP contribution in [0.5, 0.6) is 0 Å². The van der Waals surface area contributed by atoms with Crippen LogP contribution < -0.4 is 5.73 Å². The van der Waals surface area contributed by atoms with Crippen LogP contribution in [0.4, 0.5) is 5.69 Å². The van der Waals surface area contributed by atoms with Crippen LogP contribution in [0.15, 0.2) is 28.8 Å². The van der Waals surface area contributed by atoms with Gasteiger partial charge in [0.05, 0.1) is 0 Å². The van der Waals surface area contributed by atoms with Crippen LogP contribution in [0.2, 0.25) is 0 Å². The lowest BCUT2D eigenvalue weighted by molar-refractivity contribution is 0.311. The van der Waals surface area contributed by atoms with Gasteiger partial charge in [0.1, 0.15) is 0 Å². The SMILES string of the molecule is Nc1cccc(-c2noc(CCN3CCCC3)n2)c1. The maximum atomic E-state index is 5.75. The number of anilines is 1. The summed E-state index contributed by atoms with van der Waals surface area (Å²) in [6.45, 7) is 3.38. The Bertz CT molecular complexity index is 546. The van der Waals surface area contributed by atoms with Gasteiger partial charge in [0.2, 0.25) is 11.7 Å². The number of hydrogen-bond donors (Lipinski definition) is 1. The number of nitrogen functional groups attached to an aromatic ring is 1. The first-order valence-electron chi connectivity index (χ1n) is 6.72. The van der Waals surface area contributed by atoms with Crippen molar-refractivity contribution in [1.82, 2.24) is 15.0 Å². The average Bonchev–Trinajstić information content (AvgIpc) is 3.08. The van der Waals surface area contributed by atoms with Gasteiger partial charge in [-0.1, -0.05) is 17.3 Å². The number of nitrogens with zero attached hydrogens (tertiary/aromatic N) is 3. The van der Waals surface area contributed by atoms with Crippen LogP contribution in [-0.2, 0) is 6.42 Å². The van der Waals surface area contributed by atoms with Crippen molar-refractivity contribution >= 4 is 5.69 Å². The molecule has 1 aliphatic heterocycles. The molecule has 3 rings (SSSR count). The first-order chi connectivity index (χ1) is 9.31. The topological polar surface area (TPSA) is 68.2 Å². The fraction of sp³-hybridized carbons (Fsp3) is 0.429. The Kier molecular flexibility index (Phi) is 3.46. The summed E-state index contributed by atoms with van der Waals surface area (Å²) < 4.78 is 5.29. The molecule has 5 nitrogen and oxygen atoms in total. The monoisotopic (exact) mass is 258 g/mol. The predicted octanol–water partition coefficient (Wildman–Crippen LogP) is 1.96. The number of rotatable bonds is 4. The van der Waals surface area contributed by atoms with E-state index >= 15 is 0 Å². The number of nitrogens with two attached hydrogens (primary N) is 1. The smallest absolute Gasteiger partial charge is 0.228 e. The third-order valence-electron chi connectivity index (χ3n) is 3.45. The zero-order chi connectivity index (χ0) is 13.1. The van der Waals surface area contributed by atoms with Crippen molar-refractivity contribution in [2.24, 2.45) is 0 Å². The largest absolute Gasteiger partial charge is 0.399 e. The number of aromatic nitrogens is 2. The van der Waals surface area contributed by atoms with Gasteiger partial charge in [0.25, 0.3) is 0 Å². The van der Waals surface area contributed by atoms with E-state index in [0.717, 1.165) is 18.5 Å². The number of likely N-dealkylation sites (tertiary alicyclic amines) is 1. The van der Waals surface area contributed by atoms with Crippen molar-refractivity contribution in [1.29, 1.82) is 0 Å². The zero-order valence-corrected chi connectivity index (χ0v) is 10.9. The van der Waals surface area contributed by atoms with E-state index in [9.17, 15) is 0 Å². The molecule has 0 aliphatic carbocycles. The first-order valence-corrected chi connectivity index (χ1v) is 6.72. The van der Waals surface area contributed by atoms with Gasteiger partial charge in [-0.25, -0.2) is 0 Å². The second kappa shape index (κ2) is 5.40. The molecule has 0 atom stereocenters. The van der Waals surface area contributed by atoms with Gasteiger partial charge < -0.3 is 15.2 Å². The molecule has 0 radical (unpaired) electrons. The highest BCUT2D eigenvalue weighted by Gasteiger charge is 2.14. The van der Waals surface area contributed by atoms with Crippen LogP contribution in [0.3, 0.4) is 0 Å². The standard InChI is InChI=1S/C14H18N4O/c15-12-5-3-4-11(10-12)14-16-13(19-17-14)6-9-18-7-1-2-8-18/h3-5,10H,1-2,6-9,15H2. The Hall–Kier alpha value is -1.88. The van der Waals surface area contributed by atoms with E-state index in [-0.39, 0.29) is 0 Å². The summed E-state index contributed by atoms with van der Waals surface area (Å²) >= 11 is 0. The van der Waals surface area contributed by atoms with Gasteiger partial charge in [-0.05, 0) is 38.1 Å². The van der Waals surface area contributed by atoms with Crippen LogP contribution in [0.1, 0.15) is 18.7 Å². The Morgan fingerprint density at radius 3 is 2.89 bits per heavy atom. The maximum Gasteiger partial charge on any atom is 0.228 e. The van der Waals surface area contributed by atoms with Crippen LogP contribution in [0.25, 0.3) is 11.4 Å². The van der Waals surface area contributed by atoms with Gasteiger partial charge in [-0.15, -0.1) is 0 Å². The number of hydrogen-bond acceptors (Lipinski definition) is 5. The third-order valence-corrected chi connectivity index (χ3v) is 3.45. The molecule has 19 heavy (non-hydrogen) atoms. The fourth-order valence-corrected chi connectivity index (χ4v) is 2.41. The van der Waals surface area contributed by atoms with E-state index in [2.05, 4.69) is 15.0 Å².